The molecule has 12 heteroatoms. The SMILES string of the molecule is COc1ccc(/C=N\NC(=O)CN(c2c(C)n(C)n(-c3ccccc3)c2=O)S(=O)(=O)c2ccccc2)cc1OC. The minimum absolute atomic E-state index is 0.0643. The molecule has 3 aromatic carbocycles. The molecule has 0 atom stereocenters. The van der Waals surface area contributed by atoms with Crippen molar-refractivity contribution in [3.63, 3.8) is 0 Å². The molecule has 0 saturated carbocycles. The Labute approximate surface area is 231 Å². The quantitative estimate of drug-likeness (QED) is 0.234. The van der Waals surface area contributed by atoms with Crippen molar-refractivity contribution < 1.29 is 22.7 Å². The van der Waals surface area contributed by atoms with Gasteiger partial charge in [0.05, 0.1) is 36.7 Å². The summed E-state index contributed by atoms with van der Waals surface area (Å²) in [6.07, 6.45) is 1.38. The molecule has 0 aliphatic heterocycles. The van der Waals surface area contributed by atoms with Gasteiger partial charge >= 0.3 is 0 Å². The van der Waals surface area contributed by atoms with Crippen LogP contribution in [0.25, 0.3) is 5.69 Å². The Morgan fingerprint density at radius 2 is 1.60 bits per heavy atom. The van der Waals surface area contributed by atoms with E-state index < -0.39 is 28.0 Å². The highest BCUT2D eigenvalue weighted by Crippen LogP contribution is 2.27. The first-order valence-corrected chi connectivity index (χ1v) is 13.6. The number of ether oxygens (including phenoxy) is 2. The minimum Gasteiger partial charge on any atom is -0.493 e. The van der Waals surface area contributed by atoms with Gasteiger partial charge in [-0.15, -0.1) is 0 Å². The fraction of sp³-hybridized carbons (Fsp3) is 0.179. The van der Waals surface area contributed by atoms with Gasteiger partial charge in [-0.05, 0) is 55.0 Å². The summed E-state index contributed by atoms with van der Waals surface area (Å²) in [6, 6.07) is 21.5. The number of nitrogens with one attached hydrogen (secondary N) is 1. The summed E-state index contributed by atoms with van der Waals surface area (Å²) in [5.74, 6) is 0.266. The summed E-state index contributed by atoms with van der Waals surface area (Å²) in [4.78, 5) is 26.6. The number of rotatable bonds is 10. The number of nitrogens with zero attached hydrogens (tertiary/aromatic N) is 4. The molecule has 0 unspecified atom stereocenters. The van der Waals surface area contributed by atoms with Gasteiger partial charge in [-0.1, -0.05) is 36.4 Å². The van der Waals surface area contributed by atoms with Gasteiger partial charge in [0.2, 0.25) is 0 Å². The maximum atomic E-state index is 13.8. The van der Waals surface area contributed by atoms with Crippen molar-refractivity contribution in [2.75, 3.05) is 25.1 Å². The molecule has 0 bridgehead atoms. The molecule has 0 aliphatic rings. The molecule has 1 N–H and O–H groups in total. The van der Waals surface area contributed by atoms with Crippen LogP contribution in [0.3, 0.4) is 0 Å². The van der Waals surface area contributed by atoms with Gasteiger partial charge in [0.15, 0.2) is 11.5 Å². The van der Waals surface area contributed by atoms with Gasteiger partial charge in [0.25, 0.3) is 21.5 Å². The molecule has 40 heavy (non-hydrogen) atoms. The zero-order chi connectivity index (χ0) is 28.9. The molecule has 4 rings (SSSR count). The number of methoxy groups -OCH3 is 2. The van der Waals surface area contributed by atoms with Gasteiger partial charge in [-0.2, -0.15) is 5.10 Å². The van der Waals surface area contributed by atoms with Crippen LogP contribution >= 0.6 is 0 Å². The summed E-state index contributed by atoms with van der Waals surface area (Å²) in [5.41, 5.74) is 3.13. The Morgan fingerprint density at radius 3 is 2.23 bits per heavy atom. The summed E-state index contributed by atoms with van der Waals surface area (Å²) in [7, 11) is 0.354. The largest absolute Gasteiger partial charge is 0.493 e. The van der Waals surface area contributed by atoms with Crippen LogP contribution in [0.4, 0.5) is 5.69 Å². The van der Waals surface area contributed by atoms with Crippen LogP contribution in [-0.2, 0) is 21.9 Å². The van der Waals surface area contributed by atoms with Gasteiger partial charge in [0, 0.05) is 7.05 Å². The van der Waals surface area contributed by atoms with E-state index in [-0.39, 0.29) is 10.6 Å². The van der Waals surface area contributed by atoms with Crippen LogP contribution in [0.5, 0.6) is 11.5 Å². The maximum Gasteiger partial charge on any atom is 0.296 e. The summed E-state index contributed by atoms with van der Waals surface area (Å²) < 4.78 is 41.8. The predicted octanol–water partition coefficient (Wildman–Crippen LogP) is 2.85. The first-order chi connectivity index (χ1) is 19.2. The van der Waals surface area contributed by atoms with Crippen LogP contribution < -0.4 is 24.8 Å². The minimum atomic E-state index is -4.31. The Hall–Kier alpha value is -4.84. The van der Waals surface area contributed by atoms with Gasteiger partial charge in [-0.25, -0.2) is 22.8 Å². The number of benzene rings is 3. The molecule has 0 aliphatic carbocycles. The number of aromatic nitrogens is 2. The number of amides is 1. The monoisotopic (exact) mass is 563 g/mol. The molecule has 0 fully saturated rings. The van der Waals surface area contributed by atoms with Crippen LogP contribution in [-0.4, -0.2) is 50.7 Å². The van der Waals surface area contributed by atoms with Crippen LogP contribution in [0, 0.1) is 6.92 Å². The molecule has 4 aromatic rings. The van der Waals surface area contributed by atoms with Crippen molar-refractivity contribution in [2.24, 2.45) is 12.1 Å². The Bertz CT molecular complexity index is 1700. The van der Waals surface area contributed by atoms with Crippen LogP contribution in [0.15, 0.2) is 93.7 Å². The topological polar surface area (TPSA) is 124 Å². The van der Waals surface area contributed by atoms with E-state index in [4.69, 9.17) is 9.47 Å². The number of carbonyl (C=O) groups excluding carboxylic acids is 1. The molecule has 0 radical (unpaired) electrons. The van der Waals surface area contributed by atoms with E-state index in [1.54, 1.807) is 79.3 Å². The molecular weight excluding hydrogens is 534 g/mol. The lowest BCUT2D eigenvalue weighted by Gasteiger charge is -2.22. The number of carbonyl (C=O) groups is 1. The lowest BCUT2D eigenvalue weighted by atomic mass is 10.2. The molecule has 11 nitrogen and oxygen atoms in total. The van der Waals surface area contributed by atoms with Crippen molar-refractivity contribution in [1.82, 2.24) is 14.8 Å². The fourth-order valence-corrected chi connectivity index (χ4v) is 5.62. The maximum absolute atomic E-state index is 13.8. The second-order valence-corrected chi connectivity index (χ2v) is 10.5. The third-order valence-electron chi connectivity index (χ3n) is 6.20. The smallest absolute Gasteiger partial charge is 0.296 e. The van der Waals surface area contributed by atoms with Gasteiger partial charge in [-0.3, -0.25) is 14.3 Å². The van der Waals surface area contributed by atoms with Crippen molar-refractivity contribution in [1.29, 1.82) is 0 Å². The average molecular weight is 564 g/mol. The van der Waals surface area contributed by atoms with Gasteiger partial charge < -0.3 is 9.47 Å². The van der Waals surface area contributed by atoms with Crippen LogP contribution in [0.2, 0.25) is 0 Å². The van der Waals surface area contributed by atoms with E-state index in [9.17, 15) is 18.0 Å². The normalized spacial score (nSPS) is 11.4. The Balaban J connectivity index is 1.70. The third-order valence-corrected chi connectivity index (χ3v) is 7.96. The number of hydrazone groups is 1. The molecule has 1 aromatic heterocycles. The van der Waals surface area contributed by atoms with Gasteiger partial charge in [0.1, 0.15) is 12.2 Å². The number of sulfonamides is 1. The second kappa shape index (κ2) is 11.9. The molecule has 0 saturated heterocycles. The van der Waals surface area contributed by atoms with E-state index >= 15 is 0 Å². The summed E-state index contributed by atoms with van der Waals surface area (Å²) in [6.45, 7) is 0.937. The Morgan fingerprint density at radius 1 is 0.975 bits per heavy atom. The summed E-state index contributed by atoms with van der Waals surface area (Å²) in [5, 5.41) is 3.96. The predicted molar refractivity (Wildman–Crippen MR) is 152 cm³/mol. The van der Waals surface area contributed by atoms with E-state index in [0.717, 1.165) is 4.31 Å². The molecule has 208 valence electrons. The lowest BCUT2D eigenvalue weighted by molar-refractivity contribution is -0.119. The summed E-state index contributed by atoms with van der Waals surface area (Å²) >= 11 is 0. The Kier molecular flexibility index (Phi) is 8.39. The van der Waals surface area contributed by atoms with Crippen LogP contribution in [0.1, 0.15) is 11.3 Å². The average Bonchev–Trinajstić information content (AvgIpc) is 3.19. The number of anilines is 1. The van der Waals surface area contributed by atoms with Crippen molar-refractivity contribution in [3.05, 3.63) is 100 Å². The standard InChI is InChI=1S/C28H29N5O6S/c1-20-27(28(35)33(31(20)2)22-11-7-5-8-12-22)32(40(36,37)23-13-9-6-10-14-23)19-26(34)30-29-18-21-15-16-24(38-3)25(17-21)39-4/h5-18H,19H2,1-4H3,(H,30,34)/b29-18-. The molecular formula is C28H29N5O6S. The molecule has 1 amide bonds. The molecule has 0 spiro atoms. The first-order valence-electron chi connectivity index (χ1n) is 12.1. The highest BCUT2D eigenvalue weighted by molar-refractivity contribution is 7.92. The van der Waals surface area contributed by atoms with Crippen molar-refractivity contribution in [3.8, 4) is 17.2 Å². The number of para-hydroxylation sites is 1. The molecule has 1 heterocycles. The zero-order valence-corrected chi connectivity index (χ0v) is 23.3. The van der Waals surface area contributed by atoms with E-state index in [2.05, 4.69) is 10.5 Å². The fourth-order valence-electron chi connectivity index (χ4n) is 4.12. The lowest BCUT2D eigenvalue weighted by Crippen LogP contribution is -2.42. The van der Waals surface area contributed by atoms with E-state index in [0.29, 0.717) is 28.4 Å². The first kappa shape index (κ1) is 28.2. The number of hydrogen-bond donors (Lipinski definition) is 1. The highest BCUT2D eigenvalue weighted by Gasteiger charge is 2.33. The third kappa shape index (κ3) is 5.61. The van der Waals surface area contributed by atoms with Crippen molar-refractivity contribution in [2.45, 2.75) is 11.8 Å². The van der Waals surface area contributed by atoms with E-state index in [1.165, 1.54) is 37.2 Å². The van der Waals surface area contributed by atoms with E-state index in [1.807, 2.05) is 6.07 Å². The zero-order valence-electron chi connectivity index (χ0n) is 22.4. The van der Waals surface area contributed by atoms with Crippen molar-refractivity contribution >= 4 is 27.8 Å². The second-order valence-electron chi connectivity index (χ2n) is 8.64. The highest BCUT2D eigenvalue weighted by atomic mass is 32.2. The number of hydrogen-bond acceptors (Lipinski definition) is 7.